The average molecular weight is 661 g/mol. The molecule has 0 saturated carbocycles. The number of thioether (sulfide) groups is 1. The van der Waals surface area contributed by atoms with Crippen molar-refractivity contribution in [3.05, 3.63) is 118 Å². The number of anilines is 2. The number of methoxy groups -OCH3 is 2. The number of hydrogen-bond donors (Lipinski definition) is 3. The maximum Gasteiger partial charge on any atom is 0.272 e. The molecule has 220 valence electrons. The molecule has 0 aliphatic rings. The third-order valence-electron chi connectivity index (χ3n) is 6.15. The zero-order valence-corrected chi connectivity index (χ0v) is 26.1. The predicted molar refractivity (Wildman–Crippen MR) is 175 cm³/mol. The summed E-state index contributed by atoms with van der Waals surface area (Å²) < 4.78 is 11.5. The minimum Gasteiger partial charge on any atom is -0.493 e. The fourth-order valence-corrected chi connectivity index (χ4v) is 5.26. The van der Waals surface area contributed by atoms with Gasteiger partial charge in [0, 0.05) is 20.6 Å². The molecule has 0 saturated heterocycles. The molecule has 0 fully saturated rings. The van der Waals surface area contributed by atoms with E-state index in [1.165, 1.54) is 26.0 Å². The Morgan fingerprint density at radius 1 is 0.814 bits per heavy atom. The number of ether oxygens (including phenoxy) is 2. The predicted octanol–water partition coefficient (Wildman–Crippen LogP) is 7.00. The lowest BCUT2D eigenvalue weighted by Crippen LogP contribution is -2.30. The lowest BCUT2D eigenvalue weighted by Gasteiger charge is -2.15. The molecule has 0 radical (unpaired) electrons. The van der Waals surface area contributed by atoms with Gasteiger partial charge >= 0.3 is 0 Å². The summed E-state index contributed by atoms with van der Waals surface area (Å²) in [5, 5.41) is 8.10. The Bertz CT molecular complexity index is 1640. The van der Waals surface area contributed by atoms with Crippen LogP contribution < -0.4 is 25.4 Å². The monoisotopic (exact) mass is 659 g/mol. The van der Waals surface area contributed by atoms with Gasteiger partial charge in [-0.2, -0.15) is 0 Å². The minimum atomic E-state index is -0.527. The molecule has 4 rings (SSSR count). The molecule has 3 N–H and O–H groups in total. The largest absolute Gasteiger partial charge is 0.493 e. The summed E-state index contributed by atoms with van der Waals surface area (Å²) in [5.41, 5.74) is 2.24. The molecule has 0 bridgehead atoms. The summed E-state index contributed by atoms with van der Waals surface area (Å²) in [7, 11) is 3.06. The summed E-state index contributed by atoms with van der Waals surface area (Å²) >= 11 is 4.80. The van der Waals surface area contributed by atoms with Crippen LogP contribution in [0.5, 0.6) is 11.5 Å². The van der Waals surface area contributed by atoms with E-state index >= 15 is 0 Å². The molecular formula is C33H30BrN3O5S. The molecule has 43 heavy (non-hydrogen) atoms. The van der Waals surface area contributed by atoms with Gasteiger partial charge in [-0.3, -0.25) is 14.4 Å². The smallest absolute Gasteiger partial charge is 0.272 e. The Kier molecular flexibility index (Phi) is 11.0. The Morgan fingerprint density at radius 3 is 2.26 bits per heavy atom. The van der Waals surface area contributed by atoms with Gasteiger partial charge in [0.05, 0.1) is 25.2 Å². The van der Waals surface area contributed by atoms with Crippen LogP contribution in [0.1, 0.15) is 22.8 Å². The molecule has 10 heteroatoms. The molecule has 8 nitrogen and oxygen atoms in total. The summed E-state index contributed by atoms with van der Waals surface area (Å²) in [4.78, 5) is 40.1. The van der Waals surface area contributed by atoms with E-state index < -0.39 is 17.1 Å². The van der Waals surface area contributed by atoms with E-state index in [-0.39, 0.29) is 11.6 Å². The molecule has 0 heterocycles. The highest BCUT2D eigenvalue weighted by atomic mass is 79.9. The fraction of sp³-hybridized carbons (Fsp3) is 0.121. The van der Waals surface area contributed by atoms with E-state index in [1.807, 2.05) is 37.3 Å². The van der Waals surface area contributed by atoms with Crippen molar-refractivity contribution in [2.45, 2.75) is 17.1 Å². The van der Waals surface area contributed by atoms with Crippen molar-refractivity contribution in [1.82, 2.24) is 5.32 Å². The van der Waals surface area contributed by atoms with Gasteiger partial charge in [0.2, 0.25) is 5.91 Å². The molecule has 4 aromatic rings. The average Bonchev–Trinajstić information content (AvgIpc) is 3.02. The van der Waals surface area contributed by atoms with Gasteiger partial charge in [-0.15, -0.1) is 11.8 Å². The number of amides is 3. The van der Waals surface area contributed by atoms with Crippen molar-refractivity contribution in [2.75, 3.05) is 24.9 Å². The second-order valence-corrected chi connectivity index (χ2v) is 11.5. The van der Waals surface area contributed by atoms with Crippen LogP contribution in [-0.2, 0) is 9.59 Å². The minimum absolute atomic E-state index is 0.0281. The van der Waals surface area contributed by atoms with Gasteiger partial charge in [-0.05, 0) is 89.1 Å². The Balaban J connectivity index is 1.53. The van der Waals surface area contributed by atoms with Crippen molar-refractivity contribution in [2.24, 2.45) is 0 Å². The van der Waals surface area contributed by atoms with E-state index in [0.717, 1.165) is 9.37 Å². The number of nitrogens with one attached hydrogen (secondary N) is 3. The van der Waals surface area contributed by atoms with Gasteiger partial charge < -0.3 is 25.4 Å². The van der Waals surface area contributed by atoms with Crippen LogP contribution in [0.4, 0.5) is 11.4 Å². The first kappa shape index (κ1) is 31.4. The Hall–Kier alpha value is -4.54. The van der Waals surface area contributed by atoms with Crippen LogP contribution in [0, 0.1) is 0 Å². The zero-order valence-electron chi connectivity index (χ0n) is 23.7. The van der Waals surface area contributed by atoms with Crippen molar-refractivity contribution in [3.63, 3.8) is 0 Å². The van der Waals surface area contributed by atoms with Gasteiger partial charge in [0.15, 0.2) is 11.5 Å². The molecule has 1 atom stereocenters. The maximum atomic E-state index is 13.5. The van der Waals surface area contributed by atoms with Crippen LogP contribution in [-0.4, -0.2) is 37.2 Å². The van der Waals surface area contributed by atoms with Crippen molar-refractivity contribution in [1.29, 1.82) is 0 Å². The van der Waals surface area contributed by atoms with E-state index in [1.54, 1.807) is 72.8 Å². The molecular weight excluding hydrogens is 630 g/mol. The molecule has 0 aliphatic carbocycles. The highest BCUT2D eigenvalue weighted by molar-refractivity contribution is 9.10. The second kappa shape index (κ2) is 15.1. The van der Waals surface area contributed by atoms with Crippen molar-refractivity contribution in [3.8, 4) is 11.5 Å². The van der Waals surface area contributed by atoms with Gasteiger partial charge in [0.1, 0.15) is 5.70 Å². The summed E-state index contributed by atoms with van der Waals surface area (Å²) in [6, 6.07) is 28.4. The molecule has 3 amide bonds. The van der Waals surface area contributed by atoms with Crippen molar-refractivity contribution < 1.29 is 23.9 Å². The number of carbonyl (C=O) groups is 3. The van der Waals surface area contributed by atoms with Crippen molar-refractivity contribution >= 4 is 62.9 Å². The van der Waals surface area contributed by atoms with Crippen LogP contribution >= 0.6 is 27.7 Å². The number of hydrogen-bond acceptors (Lipinski definition) is 6. The summed E-state index contributed by atoms with van der Waals surface area (Å²) in [6.45, 7) is 1.81. The first-order valence-corrected chi connectivity index (χ1v) is 14.9. The lowest BCUT2D eigenvalue weighted by atomic mass is 10.1. The highest BCUT2D eigenvalue weighted by Crippen LogP contribution is 2.30. The fourth-order valence-electron chi connectivity index (χ4n) is 3.95. The summed E-state index contributed by atoms with van der Waals surface area (Å²) in [6.07, 6.45) is 1.56. The quantitative estimate of drug-likeness (QED) is 0.118. The third-order valence-corrected chi connectivity index (χ3v) is 7.94. The number of halogens is 1. The van der Waals surface area contributed by atoms with Crippen LogP contribution in [0.15, 0.2) is 112 Å². The number of para-hydroxylation sites is 1. The standard InChI is InChI=1S/C33H30BrN3O5S/c1-21(31(38)36-27-15-8-7-14-26(27)34)43-25-13-9-12-24(20-25)35-33(40)28(37-32(39)23-10-5-4-6-11-23)18-22-16-17-29(41-2)30(19-22)42-3/h4-21H,1-3H3,(H,35,40)(H,36,38)(H,37,39)/b28-18+. The molecule has 0 aliphatic heterocycles. The maximum absolute atomic E-state index is 13.5. The lowest BCUT2D eigenvalue weighted by molar-refractivity contribution is -0.115. The van der Waals surface area contributed by atoms with E-state index in [9.17, 15) is 14.4 Å². The highest BCUT2D eigenvalue weighted by Gasteiger charge is 2.18. The van der Waals surface area contributed by atoms with Gasteiger partial charge in [-0.1, -0.05) is 42.5 Å². The second-order valence-electron chi connectivity index (χ2n) is 9.20. The molecule has 0 aromatic heterocycles. The topological polar surface area (TPSA) is 106 Å². The van der Waals surface area contributed by atoms with Crippen LogP contribution in [0.25, 0.3) is 6.08 Å². The number of rotatable bonds is 11. The Morgan fingerprint density at radius 2 is 1.53 bits per heavy atom. The summed E-state index contributed by atoms with van der Waals surface area (Å²) in [5.74, 6) is -0.104. The van der Waals surface area contributed by atoms with E-state index in [2.05, 4.69) is 31.9 Å². The van der Waals surface area contributed by atoms with E-state index in [0.29, 0.717) is 34.0 Å². The van der Waals surface area contributed by atoms with Crippen LogP contribution in [0.3, 0.4) is 0 Å². The zero-order chi connectivity index (χ0) is 30.8. The first-order chi connectivity index (χ1) is 20.8. The number of carbonyl (C=O) groups excluding carboxylic acids is 3. The van der Waals surface area contributed by atoms with E-state index in [4.69, 9.17) is 9.47 Å². The Labute approximate surface area is 263 Å². The normalized spacial score (nSPS) is 11.7. The van der Waals surface area contributed by atoms with Gasteiger partial charge in [-0.25, -0.2) is 0 Å². The molecule has 0 spiro atoms. The SMILES string of the molecule is COc1ccc(/C=C(/NC(=O)c2ccccc2)C(=O)Nc2cccc(SC(C)C(=O)Nc3ccccc3Br)c2)cc1OC. The third kappa shape index (κ3) is 8.73. The number of benzene rings is 4. The molecule has 4 aromatic carbocycles. The molecule has 1 unspecified atom stereocenters. The first-order valence-electron chi connectivity index (χ1n) is 13.2. The van der Waals surface area contributed by atoms with Gasteiger partial charge in [0.25, 0.3) is 11.8 Å². The van der Waals surface area contributed by atoms with Crippen LogP contribution in [0.2, 0.25) is 0 Å².